The van der Waals surface area contributed by atoms with E-state index in [1.807, 2.05) is 31.2 Å². The van der Waals surface area contributed by atoms with Crippen molar-refractivity contribution in [2.45, 2.75) is 13.5 Å². The molecule has 0 heterocycles. The van der Waals surface area contributed by atoms with Gasteiger partial charge in [0.15, 0.2) is 0 Å². The van der Waals surface area contributed by atoms with E-state index in [2.05, 4.69) is 0 Å². The number of rotatable bonds is 3. The lowest BCUT2D eigenvalue weighted by Gasteiger charge is -2.10. The van der Waals surface area contributed by atoms with Crippen LogP contribution in [0, 0.1) is 6.92 Å². The van der Waals surface area contributed by atoms with Crippen molar-refractivity contribution in [3.63, 3.8) is 0 Å². The van der Waals surface area contributed by atoms with E-state index in [1.165, 1.54) is 0 Å². The Bertz CT molecular complexity index is 523. The summed E-state index contributed by atoms with van der Waals surface area (Å²) in [5.41, 5.74) is 1.81. The molecule has 2 aromatic carbocycles. The quantitative estimate of drug-likeness (QED) is 0.892. The predicted octanol–water partition coefficient (Wildman–Crippen LogP) is 3.93. The average molecular weight is 249 g/mol. The first-order chi connectivity index (χ1) is 8.19. The van der Waals surface area contributed by atoms with Gasteiger partial charge in [0.2, 0.25) is 0 Å². The minimum Gasteiger partial charge on any atom is -0.457 e. The lowest BCUT2D eigenvalue weighted by molar-refractivity contribution is 0.276. The molecule has 0 atom stereocenters. The van der Waals surface area contributed by atoms with Gasteiger partial charge in [-0.05, 0) is 42.8 Å². The maximum absolute atomic E-state index is 9.24. The summed E-state index contributed by atoms with van der Waals surface area (Å²) in [7, 11) is 0. The Hall–Kier alpha value is -1.51. The monoisotopic (exact) mass is 248 g/mol. The van der Waals surface area contributed by atoms with Crippen LogP contribution in [0.1, 0.15) is 11.1 Å². The molecular formula is C14H13ClO2. The Labute approximate surface area is 105 Å². The highest BCUT2D eigenvalue weighted by molar-refractivity contribution is 6.30. The van der Waals surface area contributed by atoms with Gasteiger partial charge in [-0.2, -0.15) is 0 Å². The average Bonchev–Trinajstić information content (AvgIpc) is 2.31. The van der Waals surface area contributed by atoms with E-state index in [-0.39, 0.29) is 6.61 Å². The Balaban J connectivity index is 2.29. The third-order valence-corrected chi connectivity index (χ3v) is 2.65. The van der Waals surface area contributed by atoms with E-state index in [4.69, 9.17) is 16.3 Å². The van der Waals surface area contributed by atoms with Gasteiger partial charge in [-0.3, -0.25) is 0 Å². The van der Waals surface area contributed by atoms with E-state index < -0.39 is 0 Å². The SMILES string of the molecule is Cc1cccc(Oc2ccc(Cl)cc2CO)c1. The molecule has 0 amide bonds. The van der Waals surface area contributed by atoms with Gasteiger partial charge in [0.05, 0.1) is 6.61 Å². The van der Waals surface area contributed by atoms with Gasteiger partial charge in [-0.15, -0.1) is 0 Å². The van der Waals surface area contributed by atoms with Crippen LogP contribution in [0.4, 0.5) is 0 Å². The van der Waals surface area contributed by atoms with Crippen LogP contribution in [0.25, 0.3) is 0 Å². The highest BCUT2D eigenvalue weighted by atomic mass is 35.5. The highest BCUT2D eigenvalue weighted by Crippen LogP contribution is 2.28. The maximum Gasteiger partial charge on any atom is 0.133 e. The number of aryl methyl sites for hydroxylation is 1. The molecule has 3 heteroatoms. The molecule has 0 spiro atoms. The highest BCUT2D eigenvalue weighted by Gasteiger charge is 2.05. The minimum absolute atomic E-state index is 0.0955. The lowest BCUT2D eigenvalue weighted by Crippen LogP contribution is -1.91. The van der Waals surface area contributed by atoms with E-state index in [0.717, 1.165) is 11.3 Å². The van der Waals surface area contributed by atoms with Crippen molar-refractivity contribution >= 4 is 11.6 Å². The number of hydrogen-bond donors (Lipinski definition) is 1. The van der Waals surface area contributed by atoms with Crippen molar-refractivity contribution < 1.29 is 9.84 Å². The summed E-state index contributed by atoms with van der Waals surface area (Å²) in [6.45, 7) is 1.91. The van der Waals surface area contributed by atoms with Gasteiger partial charge in [-0.25, -0.2) is 0 Å². The molecule has 0 unspecified atom stereocenters. The fourth-order valence-electron chi connectivity index (χ4n) is 1.58. The smallest absolute Gasteiger partial charge is 0.133 e. The fraction of sp³-hybridized carbons (Fsp3) is 0.143. The van der Waals surface area contributed by atoms with Crippen LogP contribution in [0.3, 0.4) is 0 Å². The van der Waals surface area contributed by atoms with Crippen molar-refractivity contribution in [2.75, 3.05) is 0 Å². The molecule has 0 aliphatic carbocycles. The summed E-state index contributed by atoms with van der Waals surface area (Å²) in [5.74, 6) is 1.38. The first-order valence-corrected chi connectivity index (χ1v) is 5.70. The molecule has 0 fully saturated rings. The van der Waals surface area contributed by atoms with Crippen LogP contribution in [-0.2, 0) is 6.61 Å². The number of hydrogen-bond acceptors (Lipinski definition) is 2. The van der Waals surface area contributed by atoms with E-state index in [9.17, 15) is 5.11 Å². The van der Waals surface area contributed by atoms with Gasteiger partial charge in [0.25, 0.3) is 0 Å². The Kier molecular flexibility index (Phi) is 3.67. The molecule has 2 aromatic rings. The molecule has 0 radical (unpaired) electrons. The number of benzene rings is 2. The molecule has 0 saturated carbocycles. The van der Waals surface area contributed by atoms with Gasteiger partial charge in [0.1, 0.15) is 11.5 Å². The second kappa shape index (κ2) is 5.21. The summed E-state index contributed by atoms with van der Waals surface area (Å²) < 4.78 is 5.72. The molecule has 1 N–H and O–H groups in total. The zero-order chi connectivity index (χ0) is 12.3. The Morgan fingerprint density at radius 2 is 2.00 bits per heavy atom. The number of aliphatic hydroxyl groups is 1. The van der Waals surface area contributed by atoms with Crippen LogP contribution >= 0.6 is 11.6 Å². The number of ether oxygens (including phenoxy) is 1. The first-order valence-electron chi connectivity index (χ1n) is 5.33. The summed E-state index contributed by atoms with van der Waals surface area (Å²) >= 11 is 5.86. The second-order valence-electron chi connectivity index (χ2n) is 3.83. The molecule has 0 aliphatic heterocycles. The zero-order valence-corrected chi connectivity index (χ0v) is 10.2. The van der Waals surface area contributed by atoms with Crippen LogP contribution in [-0.4, -0.2) is 5.11 Å². The van der Waals surface area contributed by atoms with Gasteiger partial charge in [-0.1, -0.05) is 23.7 Å². The maximum atomic E-state index is 9.24. The van der Waals surface area contributed by atoms with E-state index in [0.29, 0.717) is 16.3 Å². The normalized spacial score (nSPS) is 10.3. The fourth-order valence-corrected chi connectivity index (χ4v) is 1.77. The molecule has 2 rings (SSSR count). The van der Waals surface area contributed by atoms with Crippen LogP contribution in [0.2, 0.25) is 5.02 Å². The molecule has 0 aliphatic rings. The molecule has 88 valence electrons. The van der Waals surface area contributed by atoms with Crippen molar-refractivity contribution in [3.05, 3.63) is 58.6 Å². The van der Waals surface area contributed by atoms with Crippen LogP contribution < -0.4 is 4.74 Å². The van der Waals surface area contributed by atoms with Crippen LogP contribution in [0.15, 0.2) is 42.5 Å². The number of halogens is 1. The lowest BCUT2D eigenvalue weighted by atomic mass is 10.2. The zero-order valence-electron chi connectivity index (χ0n) is 9.48. The van der Waals surface area contributed by atoms with Crippen molar-refractivity contribution in [3.8, 4) is 11.5 Å². The number of aliphatic hydroxyl groups excluding tert-OH is 1. The largest absolute Gasteiger partial charge is 0.457 e. The molecule has 17 heavy (non-hydrogen) atoms. The predicted molar refractivity (Wildman–Crippen MR) is 68.6 cm³/mol. The summed E-state index contributed by atoms with van der Waals surface area (Å²) in [4.78, 5) is 0. The third kappa shape index (κ3) is 2.99. The topological polar surface area (TPSA) is 29.5 Å². The van der Waals surface area contributed by atoms with Crippen molar-refractivity contribution in [1.82, 2.24) is 0 Å². The second-order valence-corrected chi connectivity index (χ2v) is 4.27. The Morgan fingerprint density at radius 1 is 1.18 bits per heavy atom. The Morgan fingerprint density at radius 3 is 2.71 bits per heavy atom. The van der Waals surface area contributed by atoms with Crippen molar-refractivity contribution in [2.24, 2.45) is 0 Å². The first kappa shape index (κ1) is 12.0. The van der Waals surface area contributed by atoms with E-state index in [1.54, 1.807) is 18.2 Å². The summed E-state index contributed by atoms with van der Waals surface area (Å²) in [6, 6.07) is 13.0. The van der Waals surface area contributed by atoms with Crippen molar-refractivity contribution in [1.29, 1.82) is 0 Å². The molecule has 0 bridgehead atoms. The molecule has 0 saturated heterocycles. The molecule has 0 aromatic heterocycles. The summed E-state index contributed by atoms with van der Waals surface area (Å²) in [5, 5.41) is 9.83. The summed E-state index contributed by atoms with van der Waals surface area (Å²) in [6.07, 6.45) is 0. The van der Waals surface area contributed by atoms with Gasteiger partial charge >= 0.3 is 0 Å². The standard InChI is InChI=1S/C14H13ClO2/c1-10-3-2-4-13(7-10)17-14-6-5-12(15)8-11(14)9-16/h2-8,16H,9H2,1H3. The van der Waals surface area contributed by atoms with E-state index >= 15 is 0 Å². The molecular weight excluding hydrogens is 236 g/mol. The van der Waals surface area contributed by atoms with Gasteiger partial charge < -0.3 is 9.84 Å². The molecule has 2 nitrogen and oxygen atoms in total. The van der Waals surface area contributed by atoms with Gasteiger partial charge in [0, 0.05) is 10.6 Å². The minimum atomic E-state index is -0.0955. The third-order valence-electron chi connectivity index (χ3n) is 2.41. The van der Waals surface area contributed by atoms with Crippen LogP contribution in [0.5, 0.6) is 11.5 Å².